The molecule has 0 aliphatic carbocycles. The van der Waals surface area contributed by atoms with Gasteiger partial charge in [-0.05, 0) is 11.6 Å². The van der Waals surface area contributed by atoms with Gasteiger partial charge in [-0.2, -0.15) is 5.10 Å². The largest absolute Gasteiger partial charge is 0.493 e. The molecule has 2 aromatic rings. The normalized spacial score (nSPS) is 18.8. The molecule has 0 saturated carbocycles. The summed E-state index contributed by atoms with van der Waals surface area (Å²) in [5.74, 6) is 0.960. The summed E-state index contributed by atoms with van der Waals surface area (Å²) in [4.78, 5) is 19.2. The average molecular weight is 324 g/mol. The molecule has 1 amide bonds. The summed E-state index contributed by atoms with van der Waals surface area (Å²) >= 11 is 0. The van der Waals surface area contributed by atoms with Gasteiger partial charge in [-0.3, -0.25) is 14.9 Å². The van der Waals surface area contributed by atoms with Crippen LogP contribution in [0.3, 0.4) is 0 Å². The van der Waals surface area contributed by atoms with Crippen molar-refractivity contribution in [3.63, 3.8) is 0 Å². The maximum absolute atomic E-state index is 13.0. The molecule has 2 aliphatic rings. The highest BCUT2D eigenvalue weighted by atomic mass is 16.5. The molecule has 2 aliphatic heterocycles. The Morgan fingerprint density at radius 3 is 2.75 bits per heavy atom. The summed E-state index contributed by atoms with van der Waals surface area (Å²) in [5, 5.41) is 6.76. The van der Waals surface area contributed by atoms with E-state index >= 15 is 0 Å². The van der Waals surface area contributed by atoms with E-state index in [9.17, 15) is 4.79 Å². The van der Waals surface area contributed by atoms with Crippen molar-refractivity contribution in [2.45, 2.75) is 12.5 Å². The molecule has 0 spiro atoms. The van der Waals surface area contributed by atoms with E-state index in [1.54, 1.807) is 43.7 Å². The molecule has 0 unspecified atom stereocenters. The number of aliphatic imine (C=N–C) groups is 1. The number of ether oxygens (including phenoxy) is 2. The van der Waals surface area contributed by atoms with Gasteiger partial charge in [0.15, 0.2) is 11.5 Å². The highest BCUT2D eigenvalue weighted by Crippen LogP contribution is 2.39. The number of rotatable bonds is 3. The monoisotopic (exact) mass is 324 g/mol. The van der Waals surface area contributed by atoms with Crippen molar-refractivity contribution in [3.8, 4) is 11.5 Å². The summed E-state index contributed by atoms with van der Waals surface area (Å²) < 4.78 is 10.6. The number of carbonyl (C=O) groups is 1. The molecule has 0 radical (unpaired) electrons. The lowest BCUT2D eigenvalue weighted by atomic mass is 10.1. The molecule has 0 fully saturated rings. The van der Waals surface area contributed by atoms with Crippen LogP contribution in [0.15, 0.2) is 35.7 Å². The van der Waals surface area contributed by atoms with Crippen LogP contribution in [0.1, 0.15) is 22.3 Å². The summed E-state index contributed by atoms with van der Waals surface area (Å²) in [6, 6.07) is 3.30. The third kappa shape index (κ3) is 2.17. The second-order valence-electron chi connectivity index (χ2n) is 5.63. The van der Waals surface area contributed by atoms with Crippen LogP contribution in [0.25, 0.3) is 5.57 Å². The number of aromatic amines is 1. The Kier molecular flexibility index (Phi) is 3.34. The topological polar surface area (TPSA) is 79.8 Å². The summed E-state index contributed by atoms with van der Waals surface area (Å²) in [6.07, 6.45) is 7.95. The van der Waals surface area contributed by atoms with E-state index in [4.69, 9.17) is 9.47 Å². The van der Waals surface area contributed by atoms with Crippen molar-refractivity contribution in [1.29, 1.82) is 0 Å². The smallest absolute Gasteiger partial charge is 0.260 e. The quantitative estimate of drug-likeness (QED) is 0.940. The molecule has 4 rings (SSSR count). The summed E-state index contributed by atoms with van der Waals surface area (Å²) in [7, 11) is 3.11. The first-order chi connectivity index (χ1) is 11.7. The van der Waals surface area contributed by atoms with E-state index in [0.717, 1.165) is 11.1 Å². The van der Waals surface area contributed by atoms with Gasteiger partial charge in [-0.25, -0.2) is 0 Å². The van der Waals surface area contributed by atoms with Crippen molar-refractivity contribution >= 4 is 23.4 Å². The minimum atomic E-state index is -0.105. The van der Waals surface area contributed by atoms with Gasteiger partial charge < -0.3 is 14.4 Å². The van der Waals surface area contributed by atoms with Gasteiger partial charge in [-0.15, -0.1) is 0 Å². The van der Waals surface area contributed by atoms with E-state index in [1.165, 1.54) is 0 Å². The van der Waals surface area contributed by atoms with Crippen molar-refractivity contribution < 1.29 is 14.3 Å². The van der Waals surface area contributed by atoms with Gasteiger partial charge >= 0.3 is 0 Å². The SMILES string of the molecule is COc1cc2c(cc1OC)C(=O)N1C=C(c3cn[nH]c3)C[C@H]1C=N2. The number of nitrogens with zero attached hydrogens (tertiary/aromatic N) is 3. The molecule has 1 N–H and O–H groups in total. The minimum absolute atomic E-state index is 0.105. The van der Waals surface area contributed by atoms with Crippen LogP contribution in [0, 0.1) is 0 Å². The lowest BCUT2D eigenvalue weighted by Crippen LogP contribution is -2.32. The fourth-order valence-electron chi connectivity index (χ4n) is 3.04. The Balaban J connectivity index is 1.76. The van der Waals surface area contributed by atoms with Gasteiger partial charge in [0.2, 0.25) is 0 Å². The number of aromatic nitrogens is 2. The fourth-order valence-corrected chi connectivity index (χ4v) is 3.04. The number of fused-ring (bicyclic) bond motifs is 2. The highest BCUT2D eigenvalue weighted by molar-refractivity contribution is 6.05. The number of hydrogen-bond acceptors (Lipinski definition) is 5. The Morgan fingerprint density at radius 1 is 1.25 bits per heavy atom. The van der Waals surface area contributed by atoms with Crippen molar-refractivity contribution in [2.24, 2.45) is 4.99 Å². The predicted molar refractivity (Wildman–Crippen MR) is 88.8 cm³/mol. The number of amides is 1. The van der Waals surface area contributed by atoms with Gasteiger partial charge in [0.1, 0.15) is 0 Å². The van der Waals surface area contributed by atoms with Gasteiger partial charge in [0, 0.05) is 36.7 Å². The number of methoxy groups -OCH3 is 2. The zero-order chi connectivity index (χ0) is 16.7. The summed E-state index contributed by atoms with van der Waals surface area (Å²) in [6.45, 7) is 0. The Hall–Kier alpha value is -3.09. The second-order valence-corrected chi connectivity index (χ2v) is 5.63. The molecular formula is C17H16N4O3. The van der Waals surface area contributed by atoms with Crippen molar-refractivity contribution in [1.82, 2.24) is 15.1 Å². The van der Waals surface area contributed by atoms with Crippen molar-refractivity contribution in [2.75, 3.05) is 14.2 Å². The molecular weight excluding hydrogens is 308 g/mol. The van der Waals surface area contributed by atoms with Crippen LogP contribution in [0.5, 0.6) is 11.5 Å². The highest BCUT2D eigenvalue weighted by Gasteiger charge is 2.33. The Labute approximate surface area is 138 Å². The number of hydrogen-bond donors (Lipinski definition) is 1. The lowest BCUT2D eigenvalue weighted by Gasteiger charge is -2.18. The fraction of sp³-hybridized carbons (Fsp3) is 0.235. The molecule has 3 heterocycles. The van der Waals surface area contributed by atoms with E-state index in [2.05, 4.69) is 15.2 Å². The molecule has 0 bridgehead atoms. The molecule has 122 valence electrons. The van der Waals surface area contributed by atoms with Gasteiger partial charge in [0.05, 0.1) is 37.7 Å². The third-order valence-electron chi connectivity index (χ3n) is 4.30. The first-order valence-electron chi connectivity index (χ1n) is 7.54. The van der Waals surface area contributed by atoms with Crippen LogP contribution in [0.4, 0.5) is 5.69 Å². The standard InChI is InChI=1S/C17H16N4O3/c1-23-15-4-13-14(5-16(15)24-2)18-8-12-3-10(9-21(12)17(13)22)11-6-19-20-7-11/h4-9,12H,3H2,1-2H3,(H,19,20)/t12-/m0/s1. The molecule has 0 saturated heterocycles. The van der Waals surface area contributed by atoms with E-state index in [-0.39, 0.29) is 11.9 Å². The number of nitrogens with one attached hydrogen (secondary N) is 1. The molecule has 7 heteroatoms. The Morgan fingerprint density at radius 2 is 2.04 bits per heavy atom. The van der Waals surface area contributed by atoms with Crippen molar-refractivity contribution in [3.05, 3.63) is 41.9 Å². The van der Waals surface area contributed by atoms with E-state index in [0.29, 0.717) is 29.2 Å². The third-order valence-corrected chi connectivity index (χ3v) is 4.30. The van der Waals surface area contributed by atoms with E-state index in [1.807, 2.05) is 12.4 Å². The van der Waals surface area contributed by atoms with Gasteiger partial charge in [0.25, 0.3) is 5.91 Å². The first kappa shape index (κ1) is 14.5. The molecule has 1 aromatic heterocycles. The van der Waals surface area contributed by atoms with Crippen LogP contribution in [-0.2, 0) is 0 Å². The van der Waals surface area contributed by atoms with E-state index < -0.39 is 0 Å². The average Bonchev–Trinajstić information content (AvgIpc) is 3.25. The zero-order valence-corrected chi connectivity index (χ0v) is 13.3. The summed E-state index contributed by atoms with van der Waals surface area (Å²) in [5.41, 5.74) is 3.12. The predicted octanol–water partition coefficient (Wildman–Crippen LogP) is 2.40. The minimum Gasteiger partial charge on any atom is -0.493 e. The zero-order valence-electron chi connectivity index (χ0n) is 13.3. The molecule has 1 atom stereocenters. The van der Waals surface area contributed by atoms with Crippen LogP contribution in [-0.4, -0.2) is 47.5 Å². The molecule has 1 aromatic carbocycles. The first-order valence-corrected chi connectivity index (χ1v) is 7.54. The number of H-pyrrole nitrogens is 1. The number of carbonyl (C=O) groups excluding carboxylic acids is 1. The maximum atomic E-state index is 13.0. The van der Waals surface area contributed by atoms with Crippen LogP contribution in [0.2, 0.25) is 0 Å². The molecule has 24 heavy (non-hydrogen) atoms. The Bertz CT molecular complexity index is 855. The van der Waals surface area contributed by atoms with Crippen LogP contribution >= 0.6 is 0 Å². The number of benzene rings is 1. The van der Waals surface area contributed by atoms with Gasteiger partial charge in [-0.1, -0.05) is 0 Å². The lowest BCUT2D eigenvalue weighted by molar-refractivity contribution is 0.0817. The second kappa shape index (κ2) is 5.52. The van der Waals surface area contributed by atoms with Crippen LogP contribution < -0.4 is 9.47 Å². The maximum Gasteiger partial charge on any atom is 0.260 e. The molecule has 7 nitrogen and oxygen atoms in total.